The van der Waals surface area contributed by atoms with Crippen LogP contribution in [0.5, 0.6) is 0 Å². The van der Waals surface area contributed by atoms with Crippen molar-refractivity contribution in [3.63, 3.8) is 0 Å². The highest BCUT2D eigenvalue weighted by Crippen LogP contribution is 2.47. The molecule has 0 saturated heterocycles. The number of fused-ring (bicyclic) bond motifs is 1. The predicted molar refractivity (Wildman–Crippen MR) is 114 cm³/mol. The van der Waals surface area contributed by atoms with Crippen molar-refractivity contribution < 1.29 is 22.0 Å². The number of allylic oxidation sites excluding steroid dienone is 2. The van der Waals surface area contributed by atoms with Crippen molar-refractivity contribution in [2.45, 2.75) is 38.8 Å². The molecule has 2 aromatic rings. The van der Waals surface area contributed by atoms with Crippen molar-refractivity contribution in [1.29, 1.82) is 0 Å². The lowest BCUT2D eigenvalue weighted by atomic mass is 10.1. The Hall–Kier alpha value is -3.48. The van der Waals surface area contributed by atoms with Gasteiger partial charge in [-0.05, 0) is 19.4 Å². The number of aromatic nitrogens is 3. The third kappa shape index (κ3) is 4.82. The van der Waals surface area contributed by atoms with Gasteiger partial charge in [0.1, 0.15) is 5.92 Å². The van der Waals surface area contributed by atoms with Crippen molar-refractivity contribution in [3.05, 3.63) is 53.1 Å². The monoisotopic (exact) mass is 470 g/mol. The fourth-order valence-electron chi connectivity index (χ4n) is 3.49. The molecule has 3 heterocycles. The average Bonchev–Trinajstić information content (AvgIpc) is 3.13. The number of pyridine rings is 1. The van der Waals surface area contributed by atoms with Crippen molar-refractivity contribution in [2.24, 2.45) is 17.3 Å². The van der Waals surface area contributed by atoms with E-state index in [1.807, 2.05) is 0 Å². The minimum absolute atomic E-state index is 0.0195. The number of alkyl halides is 5. The molecule has 0 spiro atoms. The summed E-state index contributed by atoms with van der Waals surface area (Å²) < 4.78 is 69.0. The molecule has 0 aliphatic carbocycles. The first-order valence-corrected chi connectivity index (χ1v) is 9.86. The molecule has 1 aliphatic rings. The summed E-state index contributed by atoms with van der Waals surface area (Å²) in [6.45, 7) is 2.71. The summed E-state index contributed by atoms with van der Waals surface area (Å²) in [4.78, 5) is 13.3. The van der Waals surface area contributed by atoms with Crippen molar-refractivity contribution >= 4 is 23.3 Å². The summed E-state index contributed by atoms with van der Waals surface area (Å²) in [5.41, 5.74) is 11.0. The minimum Gasteiger partial charge on any atom is -0.403 e. The zero-order chi connectivity index (χ0) is 24.5. The lowest BCUT2D eigenvalue weighted by molar-refractivity contribution is -0.147. The SMILES string of the molecule is CC/C(=C/N)N(N)c1ncc(N2CC(C(F)(F)F)c3nc(/C=C(/C)N)ncc32)cc1C(F)F. The molecule has 13 heteroatoms. The first-order valence-electron chi connectivity index (χ1n) is 9.86. The number of hydrazine groups is 1. The number of nitrogens with two attached hydrogens (primary N) is 3. The van der Waals surface area contributed by atoms with Gasteiger partial charge in [0.2, 0.25) is 0 Å². The second-order valence-electron chi connectivity index (χ2n) is 7.38. The van der Waals surface area contributed by atoms with Crippen LogP contribution < -0.4 is 27.2 Å². The first kappa shape index (κ1) is 24.2. The minimum atomic E-state index is -4.62. The van der Waals surface area contributed by atoms with Crippen LogP contribution in [0.2, 0.25) is 0 Å². The summed E-state index contributed by atoms with van der Waals surface area (Å²) in [5.74, 6) is 3.72. The van der Waals surface area contributed by atoms with E-state index in [-0.39, 0.29) is 28.7 Å². The molecule has 0 fully saturated rings. The lowest BCUT2D eigenvalue weighted by Crippen LogP contribution is -2.32. The van der Waals surface area contributed by atoms with Gasteiger partial charge in [-0.1, -0.05) is 6.92 Å². The summed E-state index contributed by atoms with van der Waals surface area (Å²) in [6.07, 6.45) is -2.37. The molecule has 3 rings (SSSR count). The molecule has 1 atom stereocenters. The summed E-state index contributed by atoms with van der Waals surface area (Å²) >= 11 is 0. The van der Waals surface area contributed by atoms with Gasteiger partial charge >= 0.3 is 6.18 Å². The van der Waals surface area contributed by atoms with E-state index in [1.54, 1.807) is 13.8 Å². The molecule has 178 valence electrons. The summed E-state index contributed by atoms with van der Waals surface area (Å²) in [5, 5.41) is 0.929. The van der Waals surface area contributed by atoms with Gasteiger partial charge in [0.15, 0.2) is 11.6 Å². The molecule has 0 bridgehead atoms. The van der Waals surface area contributed by atoms with E-state index >= 15 is 0 Å². The summed E-state index contributed by atoms with van der Waals surface area (Å²) in [7, 11) is 0. The Morgan fingerprint density at radius 2 is 2.00 bits per heavy atom. The fourth-order valence-corrected chi connectivity index (χ4v) is 3.49. The Bertz CT molecular complexity index is 1080. The molecule has 0 aromatic carbocycles. The molecular weight excluding hydrogens is 447 g/mol. The van der Waals surface area contributed by atoms with Gasteiger partial charge in [-0.2, -0.15) is 13.2 Å². The van der Waals surface area contributed by atoms with Gasteiger partial charge in [0.05, 0.1) is 40.7 Å². The lowest BCUT2D eigenvalue weighted by Gasteiger charge is -2.25. The maximum absolute atomic E-state index is 13.8. The molecule has 1 aliphatic heterocycles. The van der Waals surface area contributed by atoms with Crippen LogP contribution in [0, 0.1) is 0 Å². The maximum atomic E-state index is 13.8. The average molecular weight is 470 g/mol. The van der Waals surface area contributed by atoms with E-state index in [0.717, 1.165) is 11.1 Å². The van der Waals surface area contributed by atoms with Crippen LogP contribution in [0.1, 0.15) is 49.7 Å². The van der Waals surface area contributed by atoms with E-state index in [1.165, 1.54) is 29.6 Å². The van der Waals surface area contributed by atoms with Gasteiger partial charge in [0.25, 0.3) is 6.43 Å². The van der Waals surface area contributed by atoms with Gasteiger partial charge in [-0.3, -0.25) is 5.01 Å². The van der Waals surface area contributed by atoms with E-state index in [4.69, 9.17) is 17.3 Å². The highest BCUT2D eigenvalue weighted by atomic mass is 19.4. The number of halogens is 5. The van der Waals surface area contributed by atoms with Gasteiger partial charge in [-0.15, -0.1) is 0 Å². The zero-order valence-corrected chi connectivity index (χ0v) is 17.8. The van der Waals surface area contributed by atoms with Crippen LogP contribution in [-0.4, -0.2) is 27.7 Å². The molecule has 1 unspecified atom stereocenters. The van der Waals surface area contributed by atoms with Crippen LogP contribution in [0.15, 0.2) is 36.1 Å². The van der Waals surface area contributed by atoms with Crippen LogP contribution in [0.4, 0.5) is 39.1 Å². The predicted octanol–water partition coefficient (Wildman–Crippen LogP) is 3.82. The molecule has 0 saturated carbocycles. The smallest absolute Gasteiger partial charge is 0.399 e. The second-order valence-corrected chi connectivity index (χ2v) is 7.38. The quantitative estimate of drug-likeness (QED) is 0.331. The van der Waals surface area contributed by atoms with E-state index in [0.29, 0.717) is 17.8 Å². The highest BCUT2D eigenvalue weighted by Gasteiger charge is 2.49. The van der Waals surface area contributed by atoms with E-state index < -0.39 is 30.6 Å². The maximum Gasteiger partial charge on any atom is 0.399 e. The number of nitrogens with zero attached hydrogens (tertiary/aromatic N) is 5. The highest BCUT2D eigenvalue weighted by molar-refractivity contribution is 5.71. The molecule has 8 nitrogen and oxygen atoms in total. The zero-order valence-electron chi connectivity index (χ0n) is 17.8. The first-order chi connectivity index (χ1) is 15.5. The van der Waals surface area contributed by atoms with Gasteiger partial charge in [0, 0.05) is 24.5 Å². The molecular formula is C20H23F5N8. The van der Waals surface area contributed by atoms with Crippen molar-refractivity contribution in [3.8, 4) is 0 Å². The normalized spacial score (nSPS) is 17.0. The number of hydrogen-bond acceptors (Lipinski definition) is 8. The molecule has 0 amide bonds. The number of hydrogen-bond donors (Lipinski definition) is 3. The van der Waals surface area contributed by atoms with Crippen molar-refractivity contribution in [1.82, 2.24) is 15.0 Å². The number of anilines is 3. The third-order valence-corrected chi connectivity index (χ3v) is 5.07. The van der Waals surface area contributed by atoms with Crippen LogP contribution in [0.25, 0.3) is 6.08 Å². The Kier molecular flexibility index (Phi) is 6.72. The van der Waals surface area contributed by atoms with Crippen LogP contribution in [-0.2, 0) is 0 Å². The van der Waals surface area contributed by atoms with E-state index in [9.17, 15) is 22.0 Å². The standard InChI is InChI=1S/C20H23F5N8/c1-3-11(6-26)33(28)19-13(18(21)22)5-12(7-30-19)32-9-14(20(23,24)25)17-15(32)8-29-16(31-17)4-10(2)27/h4-8,14,18H,3,9,26-28H2,1-2H3/b10-4-,11-6-. The van der Waals surface area contributed by atoms with E-state index in [2.05, 4.69) is 15.0 Å². The Morgan fingerprint density at radius 3 is 2.55 bits per heavy atom. The molecule has 0 radical (unpaired) electrons. The van der Waals surface area contributed by atoms with Gasteiger partial charge < -0.3 is 16.4 Å². The molecule has 2 aromatic heterocycles. The van der Waals surface area contributed by atoms with Crippen LogP contribution in [0.3, 0.4) is 0 Å². The molecule has 6 N–H and O–H groups in total. The largest absolute Gasteiger partial charge is 0.403 e. The molecule has 33 heavy (non-hydrogen) atoms. The van der Waals surface area contributed by atoms with Crippen molar-refractivity contribution in [2.75, 3.05) is 16.5 Å². The second kappa shape index (κ2) is 9.17. The van der Waals surface area contributed by atoms with Crippen LogP contribution >= 0.6 is 0 Å². The Morgan fingerprint density at radius 1 is 1.30 bits per heavy atom. The summed E-state index contributed by atoms with van der Waals surface area (Å²) in [6, 6.07) is 1.05. The van der Waals surface area contributed by atoms with Gasteiger partial charge in [-0.25, -0.2) is 29.6 Å². The Balaban J connectivity index is 2.10. The number of rotatable bonds is 6. The topological polar surface area (TPSA) is 123 Å². The third-order valence-electron chi connectivity index (χ3n) is 5.07. The Labute approximate surface area is 186 Å². The fraction of sp³-hybridized carbons (Fsp3) is 0.350.